The molecule has 3 rings (SSSR count). The fourth-order valence-electron chi connectivity index (χ4n) is 2.78. The van der Waals surface area contributed by atoms with Crippen molar-refractivity contribution in [2.45, 2.75) is 80.1 Å². The summed E-state index contributed by atoms with van der Waals surface area (Å²) in [7, 11) is 0. The molecule has 0 radical (unpaired) electrons. The van der Waals surface area contributed by atoms with Crippen LogP contribution < -0.4 is 15.4 Å². The summed E-state index contributed by atoms with van der Waals surface area (Å²) < 4.78 is 10.0. The van der Waals surface area contributed by atoms with Crippen LogP contribution in [0.3, 0.4) is 0 Å². The van der Waals surface area contributed by atoms with Crippen LogP contribution in [0, 0.1) is 13.8 Å². The Morgan fingerprint density at radius 3 is 1.80 bits per heavy atom. The summed E-state index contributed by atoms with van der Waals surface area (Å²) in [5, 5.41) is 14.3. The van der Waals surface area contributed by atoms with Crippen LogP contribution >= 0.6 is 0 Å². The molecule has 1 heterocycles. The molecule has 0 aromatic heterocycles. The third-order valence-electron chi connectivity index (χ3n) is 4.62. The van der Waals surface area contributed by atoms with Crippen molar-refractivity contribution in [1.29, 1.82) is 0 Å². The summed E-state index contributed by atoms with van der Waals surface area (Å²) in [5.41, 5.74) is 0.740. The van der Waals surface area contributed by atoms with E-state index in [1.54, 1.807) is 52.0 Å². The van der Waals surface area contributed by atoms with Gasteiger partial charge in [-0.05, 0) is 72.7 Å². The third kappa shape index (κ3) is 11.5. The van der Waals surface area contributed by atoms with E-state index < -0.39 is 17.0 Å². The van der Waals surface area contributed by atoms with Crippen molar-refractivity contribution in [3.05, 3.63) is 59.7 Å². The number of cyclic esters (lactones) is 1. The average molecular weight is 489 g/mol. The van der Waals surface area contributed by atoms with Gasteiger partial charge < -0.3 is 19.9 Å². The quantitative estimate of drug-likeness (QED) is 0.433. The molecule has 0 bridgehead atoms. The SMILES string of the molecule is C.CC(=O)NC(C)(C)C(=O)Oc1ccc(C)cc1.CC1NC(C)(C)C(=O)O1.Cc1ccc(O)cc1. The summed E-state index contributed by atoms with van der Waals surface area (Å²) in [5.74, 6) is -0.128. The lowest BCUT2D eigenvalue weighted by Crippen LogP contribution is -2.50. The zero-order chi connectivity index (χ0) is 26.1. The molecule has 1 fully saturated rings. The van der Waals surface area contributed by atoms with E-state index in [-0.39, 0.29) is 25.5 Å². The van der Waals surface area contributed by atoms with E-state index in [0.717, 1.165) is 5.56 Å². The molecule has 1 aliphatic rings. The van der Waals surface area contributed by atoms with Crippen LogP contribution in [0.1, 0.15) is 60.1 Å². The molecule has 0 saturated carbocycles. The zero-order valence-corrected chi connectivity index (χ0v) is 21.2. The number of benzene rings is 2. The Balaban J connectivity index is 0.000000540. The number of phenols is 1. The third-order valence-corrected chi connectivity index (χ3v) is 4.62. The van der Waals surface area contributed by atoms with Crippen molar-refractivity contribution in [1.82, 2.24) is 10.6 Å². The molecule has 194 valence electrons. The van der Waals surface area contributed by atoms with E-state index >= 15 is 0 Å². The van der Waals surface area contributed by atoms with Gasteiger partial charge >= 0.3 is 11.9 Å². The van der Waals surface area contributed by atoms with E-state index in [4.69, 9.17) is 14.6 Å². The van der Waals surface area contributed by atoms with Gasteiger partial charge in [-0.25, -0.2) is 4.79 Å². The molecule has 0 spiro atoms. The van der Waals surface area contributed by atoms with Crippen LogP contribution in [-0.2, 0) is 19.1 Å². The predicted molar refractivity (Wildman–Crippen MR) is 137 cm³/mol. The fraction of sp³-hybridized carbons (Fsp3) is 0.444. The maximum atomic E-state index is 11.8. The predicted octanol–water partition coefficient (Wildman–Crippen LogP) is 4.41. The van der Waals surface area contributed by atoms with Gasteiger partial charge in [0.15, 0.2) is 6.23 Å². The van der Waals surface area contributed by atoms with Gasteiger partial charge in [-0.2, -0.15) is 0 Å². The normalized spacial score (nSPS) is 15.7. The van der Waals surface area contributed by atoms with E-state index in [1.807, 2.05) is 45.0 Å². The number of aromatic hydroxyl groups is 1. The summed E-state index contributed by atoms with van der Waals surface area (Å²) in [6.45, 7) is 13.9. The monoisotopic (exact) mass is 488 g/mol. The number of phenolic OH excluding ortho intramolecular Hbond substituents is 1. The average Bonchev–Trinajstić information content (AvgIpc) is 2.95. The molecular weight excluding hydrogens is 448 g/mol. The summed E-state index contributed by atoms with van der Waals surface area (Å²) in [6, 6.07) is 14.2. The van der Waals surface area contributed by atoms with Gasteiger partial charge in [0.05, 0.1) is 0 Å². The highest BCUT2D eigenvalue weighted by Gasteiger charge is 2.38. The smallest absolute Gasteiger partial charge is 0.336 e. The minimum Gasteiger partial charge on any atom is -0.508 e. The van der Waals surface area contributed by atoms with E-state index in [9.17, 15) is 14.4 Å². The first-order chi connectivity index (χ1) is 15.6. The number of rotatable bonds is 3. The summed E-state index contributed by atoms with van der Waals surface area (Å²) in [6.07, 6.45) is -0.132. The van der Waals surface area contributed by atoms with E-state index in [1.165, 1.54) is 12.5 Å². The molecule has 1 saturated heterocycles. The minimum absolute atomic E-state index is 0. The van der Waals surface area contributed by atoms with Crippen LogP contribution in [0.25, 0.3) is 0 Å². The molecule has 2 aromatic carbocycles. The van der Waals surface area contributed by atoms with Gasteiger partial charge in [-0.3, -0.25) is 14.9 Å². The number of hydrogen-bond donors (Lipinski definition) is 3. The zero-order valence-electron chi connectivity index (χ0n) is 21.2. The number of carbonyl (C=O) groups is 3. The largest absolute Gasteiger partial charge is 0.508 e. The Hall–Kier alpha value is -3.39. The van der Waals surface area contributed by atoms with Gasteiger partial charge in [0.25, 0.3) is 0 Å². The van der Waals surface area contributed by atoms with Gasteiger partial charge in [0.1, 0.15) is 22.6 Å². The van der Waals surface area contributed by atoms with Crippen molar-refractivity contribution in [2.24, 2.45) is 0 Å². The highest BCUT2D eigenvalue weighted by Crippen LogP contribution is 2.15. The Morgan fingerprint density at radius 1 is 1.03 bits per heavy atom. The molecule has 2 aromatic rings. The van der Waals surface area contributed by atoms with Crippen molar-refractivity contribution >= 4 is 17.8 Å². The molecule has 1 atom stereocenters. The minimum atomic E-state index is -1.03. The maximum Gasteiger partial charge on any atom is 0.336 e. The molecule has 1 unspecified atom stereocenters. The van der Waals surface area contributed by atoms with E-state index in [0.29, 0.717) is 11.5 Å². The summed E-state index contributed by atoms with van der Waals surface area (Å²) >= 11 is 0. The van der Waals surface area contributed by atoms with Crippen LogP contribution in [0.5, 0.6) is 11.5 Å². The molecule has 1 amide bonds. The Morgan fingerprint density at radius 2 is 1.49 bits per heavy atom. The van der Waals surface area contributed by atoms with Gasteiger partial charge in [0.2, 0.25) is 5.91 Å². The lowest BCUT2D eigenvalue weighted by molar-refractivity contribution is -0.144. The highest BCUT2D eigenvalue weighted by atomic mass is 16.6. The Labute approximate surface area is 209 Å². The number of ether oxygens (including phenoxy) is 2. The number of hydrogen-bond acceptors (Lipinski definition) is 7. The first-order valence-corrected chi connectivity index (χ1v) is 10.9. The van der Waals surface area contributed by atoms with Crippen molar-refractivity contribution < 1.29 is 29.0 Å². The molecule has 1 aliphatic heterocycles. The van der Waals surface area contributed by atoms with Crippen molar-refractivity contribution in [3.8, 4) is 11.5 Å². The fourth-order valence-corrected chi connectivity index (χ4v) is 2.78. The topological polar surface area (TPSA) is 114 Å². The van der Waals surface area contributed by atoms with Crippen LogP contribution in [0.2, 0.25) is 0 Å². The van der Waals surface area contributed by atoms with Crippen LogP contribution in [-0.4, -0.2) is 40.3 Å². The molecule has 3 N–H and O–H groups in total. The second-order valence-corrected chi connectivity index (χ2v) is 9.16. The number of carbonyl (C=O) groups excluding carboxylic acids is 3. The molecule has 0 aliphatic carbocycles. The molecule has 8 nitrogen and oxygen atoms in total. The Kier molecular flexibility index (Phi) is 12.2. The molecular formula is C27H40N2O6. The first-order valence-electron chi connectivity index (χ1n) is 10.9. The van der Waals surface area contributed by atoms with Gasteiger partial charge in [-0.1, -0.05) is 42.8 Å². The number of esters is 2. The molecule has 35 heavy (non-hydrogen) atoms. The highest BCUT2D eigenvalue weighted by molar-refractivity contribution is 5.87. The van der Waals surface area contributed by atoms with Gasteiger partial charge in [0, 0.05) is 6.92 Å². The number of nitrogens with one attached hydrogen (secondary N) is 2. The van der Waals surface area contributed by atoms with Crippen LogP contribution in [0.15, 0.2) is 48.5 Å². The second-order valence-electron chi connectivity index (χ2n) is 9.16. The lowest BCUT2D eigenvalue weighted by Gasteiger charge is -2.23. The number of aryl methyl sites for hydroxylation is 2. The number of amides is 1. The molecule has 8 heteroatoms. The first kappa shape index (κ1) is 31.6. The second kappa shape index (κ2) is 13.5. The lowest BCUT2D eigenvalue weighted by atomic mass is 10.1. The Bertz CT molecular complexity index is 945. The summed E-state index contributed by atoms with van der Waals surface area (Å²) in [4.78, 5) is 33.6. The maximum absolute atomic E-state index is 11.8. The van der Waals surface area contributed by atoms with Crippen molar-refractivity contribution in [2.75, 3.05) is 0 Å². The van der Waals surface area contributed by atoms with Crippen molar-refractivity contribution in [3.63, 3.8) is 0 Å². The standard InChI is InChI=1S/C13H17NO3.C7H8O.C6H11NO2.CH4/c1-9-5-7-11(8-6-9)17-12(16)13(3,4)14-10(2)15;1-6-2-4-7(8)5-3-6;1-4-7-6(2,3)5(8)9-4;/h5-8H,1-4H3,(H,14,15);2-5,8H,1H3;4,7H,1-3H3;1H4. The van der Waals surface area contributed by atoms with E-state index in [2.05, 4.69) is 10.6 Å². The van der Waals surface area contributed by atoms with Gasteiger partial charge in [-0.15, -0.1) is 0 Å². The van der Waals surface area contributed by atoms with Crippen LogP contribution in [0.4, 0.5) is 0 Å².